The molecule has 0 saturated carbocycles. The molecule has 0 bridgehead atoms. The minimum absolute atomic E-state index is 0.126. The van der Waals surface area contributed by atoms with E-state index in [-0.39, 0.29) is 24.4 Å². The second kappa shape index (κ2) is 5.09. The summed E-state index contributed by atoms with van der Waals surface area (Å²) in [4.78, 5) is 25.6. The number of hydrogen-bond donors (Lipinski definition) is 1. The summed E-state index contributed by atoms with van der Waals surface area (Å²) in [5, 5.41) is 8.83. The van der Waals surface area contributed by atoms with Crippen LogP contribution in [0.2, 0.25) is 0 Å². The van der Waals surface area contributed by atoms with Crippen LogP contribution in [0.25, 0.3) is 0 Å². The third-order valence-electron chi connectivity index (χ3n) is 1.91. The Morgan fingerprint density at radius 3 is 2.87 bits per heavy atom. The van der Waals surface area contributed by atoms with Crippen molar-refractivity contribution in [2.24, 2.45) is 0 Å². The Labute approximate surface area is 86.7 Å². The molecule has 0 saturated heterocycles. The maximum atomic E-state index is 10.9. The molecule has 0 aliphatic rings. The van der Waals surface area contributed by atoms with Gasteiger partial charge in [0.05, 0.1) is 24.8 Å². The topological polar surface area (TPSA) is 76.5 Å². The van der Waals surface area contributed by atoms with Gasteiger partial charge in [-0.15, -0.1) is 0 Å². The molecule has 1 N–H and O–H groups in total. The average molecular weight is 209 g/mol. The van der Waals surface area contributed by atoms with Gasteiger partial charge in [-0.1, -0.05) is 0 Å². The van der Waals surface area contributed by atoms with Gasteiger partial charge in [-0.3, -0.25) is 9.78 Å². The van der Waals surface area contributed by atoms with Crippen molar-refractivity contribution in [3.05, 3.63) is 29.6 Å². The zero-order valence-electron chi connectivity index (χ0n) is 8.27. The van der Waals surface area contributed by atoms with Crippen LogP contribution >= 0.6 is 0 Å². The van der Waals surface area contributed by atoms with Gasteiger partial charge in [0.15, 0.2) is 0 Å². The van der Waals surface area contributed by atoms with Gasteiger partial charge in [-0.2, -0.15) is 0 Å². The summed E-state index contributed by atoms with van der Waals surface area (Å²) in [6.45, 7) is 0. The SMILES string of the molecule is COC(=O)CCc1ncccc1C(=O)O. The van der Waals surface area contributed by atoms with Crippen LogP contribution in [0.4, 0.5) is 0 Å². The van der Waals surface area contributed by atoms with Gasteiger partial charge in [0.25, 0.3) is 0 Å². The molecule has 0 radical (unpaired) electrons. The fourth-order valence-electron chi connectivity index (χ4n) is 1.15. The van der Waals surface area contributed by atoms with Gasteiger partial charge < -0.3 is 9.84 Å². The fraction of sp³-hybridized carbons (Fsp3) is 0.300. The molecule has 80 valence electrons. The number of ether oxygens (including phenoxy) is 1. The van der Waals surface area contributed by atoms with E-state index in [2.05, 4.69) is 9.72 Å². The number of esters is 1. The van der Waals surface area contributed by atoms with Crippen molar-refractivity contribution in [1.82, 2.24) is 4.98 Å². The fourth-order valence-corrected chi connectivity index (χ4v) is 1.15. The van der Waals surface area contributed by atoms with Gasteiger partial charge in [0, 0.05) is 12.6 Å². The number of carbonyl (C=O) groups is 2. The van der Waals surface area contributed by atoms with Crippen molar-refractivity contribution in [3.8, 4) is 0 Å². The van der Waals surface area contributed by atoms with Crippen molar-refractivity contribution >= 4 is 11.9 Å². The Hall–Kier alpha value is -1.91. The van der Waals surface area contributed by atoms with Crippen molar-refractivity contribution in [2.75, 3.05) is 7.11 Å². The standard InChI is InChI=1S/C10H11NO4/c1-15-9(12)5-4-8-7(10(13)14)3-2-6-11-8/h2-3,6H,4-5H2,1H3,(H,13,14). The maximum absolute atomic E-state index is 10.9. The lowest BCUT2D eigenvalue weighted by molar-refractivity contribution is -0.140. The van der Waals surface area contributed by atoms with E-state index in [0.29, 0.717) is 5.69 Å². The molecule has 0 aliphatic carbocycles. The minimum Gasteiger partial charge on any atom is -0.478 e. The van der Waals surface area contributed by atoms with Gasteiger partial charge >= 0.3 is 11.9 Å². The first-order valence-corrected chi connectivity index (χ1v) is 4.39. The zero-order valence-corrected chi connectivity index (χ0v) is 8.27. The van der Waals surface area contributed by atoms with Crippen molar-refractivity contribution in [3.63, 3.8) is 0 Å². The zero-order chi connectivity index (χ0) is 11.3. The van der Waals surface area contributed by atoms with Crippen molar-refractivity contribution < 1.29 is 19.4 Å². The molecule has 5 nitrogen and oxygen atoms in total. The molecular weight excluding hydrogens is 198 g/mol. The lowest BCUT2D eigenvalue weighted by Gasteiger charge is -2.03. The highest BCUT2D eigenvalue weighted by Gasteiger charge is 2.11. The van der Waals surface area contributed by atoms with Crippen molar-refractivity contribution in [1.29, 1.82) is 0 Å². The van der Waals surface area contributed by atoms with Gasteiger partial charge in [-0.05, 0) is 12.1 Å². The predicted molar refractivity (Wildman–Crippen MR) is 51.5 cm³/mol. The minimum atomic E-state index is -1.04. The number of rotatable bonds is 4. The number of carbonyl (C=O) groups excluding carboxylic acids is 1. The number of hydrogen-bond acceptors (Lipinski definition) is 4. The maximum Gasteiger partial charge on any atom is 0.337 e. The number of carboxylic acid groups (broad SMARTS) is 1. The average Bonchev–Trinajstić information content (AvgIpc) is 2.26. The number of carboxylic acids is 1. The normalized spacial score (nSPS) is 9.67. The summed E-state index contributed by atoms with van der Waals surface area (Å²) < 4.78 is 4.46. The van der Waals surface area contributed by atoms with Crippen LogP contribution in [0.5, 0.6) is 0 Å². The van der Waals surface area contributed by atoms with Gasteiger partial charge in [-0.25, -0.2) is 4.79 Å². The smallest absolute Gasteiger partial charge is 0.337 e. The summed E-state index contributed by atoms with van der Waals surface area (Å²) in [7, 11) is 1.29. The molecule has 1 aromatic heterocycles. The first-order valence-electron chi connectivity index (χ1n) is 4.39. The number of aromatic nitrogens is 1. The molecule has 0 aliphatic heterocycles. The largest absolute Gasteiger partial charge is 0.478 e. The Kier molecular flexibility index (Phi) is 3.79. The van der Waals surface area contributed by atoms with E-state index in [0.717, 1.165) is 0 Å². The van der Waals surface area contributed by atoms with Gasteiger partial charge in [0.2, 0.25) is 0 Å². The van der Waals surface area contributed by atoms with E-state index in [1.165, 1.54) is 19.4 Å². The first kappa shape index (κ1) is 11.2. The van der Waals surface area contributed by atoms with E-state index >= 15 is 0 Å². The van der Waals surface area contributed by atoms with E-state index < -0.39 is 5.97 Å². The first-order chi connectivity index (χ1) is 7.15. The van der Waals surface area contributed by atoms with Crippen LogP contribution in [0.3, 0.4) is 0 Å². The van der Waals surface area contributed by atoms with Crippen molar-refractivity contribution in [2.45, 2.75) is 12.8 Å². The van der Waals surface area contributed by atoms with Crippen LogP contribution in [0.15, 0.2) is 18.3 Å². The number of pyridine rings is 1. The lowest BCUT2D eigenvalue weighted by atomic mass is 10.1. The quantitative estimate of drug-likeness (QED) is 0.745. The number of aryl methyl sites for hydroxylation is 1. The van der Waals surface area contributed by atoms with E-state index in [4.69, 9.17) is 5.11 Å². The van der Waals surface area contributed by atoms with Crippen LogP contribution in [-0.4, -0.2) is 29.1 Å². The van der Waals surface area contributed by atoms with Gasteiger partial charge in [0.1, 0.15) is 0 Å². The van der Waals surface area contributed by atoms with E-state index in [1.807, 2.05) is 0 Å². The van der Waals surface area contributed by atoms with E-state index in [1.54, 1.807) is 6.07 Å². The van der Waals surface area contributed by atoms with Crippen LogP contribution in [0.1, 0.15) is 22.5 Å². The molecule has 1 rings (SSSR count). The summed E-state index contributed by atoms with van der Waals surface area (Å²) in [6.07, 6.45) is 1.90. The highest BCUT2D eigenvalue weighted by molar-refractivity contribution is 5.88. The predicted octanol–water partition coefficient (Wildman–Crippen LogP) is 0.885. The molecule has 1 aromatic rings. The molecule has 0 spiro atoms. The van der Waals surface area contributed by atoms with Crippen LogP contribution < -0.4 is 0 Å². The summed E-state index contributed by atoms with van der Waals surface area (Å²) in [5.41, 5.74) is 0.525. The molecule has 0 fully saturated rings. The summed E-state index contributed by atoms with van der Waals surface area (Å²) >= 11 is 0. The Bertz CT molecular complexity index is 375. The molecule has 5 heteroatoms. The Morgan fingerprint density at radius 2 is 2.27 bits per heavy atom. The summed E-state index contributed by atoms with van der Waals surface area (Å²) in [6, 6.07) is 3.01. The molecule has 0 amide bonds. The molecule has 0 aromatic carbocycles. The lowest BCUT2D eigenvalue weighted by Crippen LogP contribution is -2.08. The second-order valence-electron chi connectivity index (χ2n) is 2.88. The van der Waals surface area contributed by atoms with Crippen LogP contribution in [0, 0.1) is 0 Å². The monoisotopic (exact) mass is 209 g/mol. The molecule has 15 heavy (non-hydrogen) atoms. The third kappa shape index (κ3) is 3.05. The van der Waals surface area contributed by atoms with E-state index in [9.17, 15) is 9.59 Å². The molecule has 0 atom stereocenters. The molecule has 1 heterocycles. The number of aromatic carboxylic acids is 1. The second-order valence-corrected chi connectivity index (χ2v) is 2.88. The molecule has 0 unspecified atom stereocenters. The number of nitrogens with zero attached hydrogens (tertiary/aromatic N) is 1. The Balaban J connectivity index is 2.76. The molecular formula is C10H11NO4. The highest BCUT2D eigenvalue weighted by atomic mass is 16.5. The number of methoxy groups -OCH3 is 1. The third-order valence-corrected chi connectivity index (χ3v) is 1.91. The highest BCUT2D eigenvalue weighted by Crippen LogP contribution is 2.08. The van der Waals surface area contributed by atoms with Crippen LogP contribution in [-0.2, 0) is 16.0 Å². The summed E-state index contributed by atoms with van der Waals surface area (Å²) in [5.74, 6) is -1.42. The Morgan fingerprint density at radius 1 is 1.53 bits per heavy atom.